The van der Waals surface area contributed by atoms with Gasteiger partial charge in [-0.05, 0) is 49.4 Å². The molecule has 0 aromatic heterocycles. The molecule has 2 unspecified atom stereocenters. The van der Waals surface area contributed by atoms with Crippen LogP contribution < -0.4 is 5.32 Å². The number of halogens is 1. The van der Waals surface area contributed by atoms with Gasteiger partial charge in [-0.2, -0.15) is 0 Å². The number of nitrogens with one attached hydrogen (secondary N) is 1. The summed E-state index contributed by atoms with van der Waals surface area (Å²) < 4.78 is 0. The molecule has 2 N–H and O–H groups in total. The molecule has 0 bridgehead atoms. The van der Waals surface area contributed by atoms with Gasteiger partial charge in [0.2, 0.25) is 0 Å². The first kappa shape index (κ1) is 16.3. The second-order valence-electron chi connectivity index (χ2n) is 7.17. The Kier molecular flexibility index (Phi) is 5.43. The quantitative estimate of drug-likeness (QED) is 0.725. The number of rotatable bonds is 7. The van der Waals surface area contributed by atoms with E-state index in [0.29, 0.717) is 5.92 Å². The fraction of sp³-hybridized carbons (Fsp3) is 0.684. The van der Waals surface area contributed by atoms with Crippen molar-refractivity contribution in [2.45, 2.75) is 57.0 Å². The van der Waals surface area contributed by atoms with E-state index < -0.39 is 5.60 Å². The molecule has 2 atom stereocenters. The van der Waals surface area contributed by atoms with Gasteiger partial charge >= 0.3 is 0 Å². The Labute approximate surface area is 139 Å². The topological polar surface area (TPSA) is 32.3 Å². The van der Waals surface area contributed by atoms with E-state index in [4.69, 9.17) is 11.6 Å². The van der Waals surface area contributed by atoms with Gasteiger partial charge in [0.05, 0.1) is 5.60 Å². The van der Waals surface area contributed by atoms with Gasteiger partial charge in [-0.15, -0.1) is 0 Å². The number of aliphatic hydroxyl groups is 1. The summed E-state index contributed by atoms with van der Waals surface area (Å²) >= 11 is 6.17. The Hall–Kier alpha value is -0.570. The highest BCUT2D eigenvalue weighted by Crippen LogP contribution is 2.40. The molecule has 3 rings (SSSR count). The van der Waals surface area contributed by atoms with Crippen LogP contribution in [0, 0.1) is 11.8 Å². The molecule has 1 aromatic carbocycles. The van der Waals surface area contributed by atoms with E-state index in [1.165, 1.54) is 25.7 Å². The van der Waals surface area contributed by atoms with Gasteiger partial charge in [0.25, 0.3) is 0 Å². The van der Waals surface area contributed by atoms with E-state index in [0.717, 1.165) is 55.3 Å². The van der Waals surface area contributed by atoms with E-state index in [1.807, 2.05) is 24.3 Å². The lowest BCUT2D eigenvalue weighted by atomic mass is 9.74. The molecule has 122 valence electrons. The molecule has 2 fully saturated rings. The molecule has 1 saturated heterocycles. The molecule has 2 nitrogen and oxygen atoms in total. The maximum Gasteiger partial charge on any atom is 0.0937 e. The number of benzene rings is 1. The van der Waals surface area contributed by atoms with Gasteiger partial charge < -0.3 is 10.4 Å². The van der Waals surface area contributed by atoms with E-state index in [2.05, 4.69) is 5.32 Å². The van der Waals surface area contributed by atoms with E-state index in [1.54, 1.807) is 0 Å². The van der Waals surface area contributed by atoms with E-state index in [9.17, 15) is 5.11 Å². The van der Waals surface area contributed by atoms with Gasteiger partial charge in [-0.1, -0.05) is 55.8 Å². The van der Waals surface area contributed by atoms with E-state index >= 15 is 0 Å². The zero-order valence-corrected chi connectivity index (χ0v) is 14.1. The van der Waals surface area contributed by atoms with Crippen molar-refractivity contribution in [2.24, 2.45) is 11.8 Å². The molecule has 0 spiro atoms. The van der Waals surface area contributed by atoms with Crippen molar-refractivity contribution in [1.29, 1.82) is 0 Å². The maximum atomic E-state index is 11.5. The minimum absolute atomic E-state index is 0.292. The highest BCUT2D eigenvalue weighted by atomic mass is 35.5. The van der Waals surface area contributed by atoms with Crippen molar-refractivity contribution in [3.8, 4) is 0 Å². The zero-order chi connectivity index (χ0) is 15.4. The standard InChI is InChI=1S/C19H28ClNO/c20-18-8-3-6-16(13-18)19(22,17-7-4-12-21-14-17)11-2-1-5-15-9-10-15/h3,6,8,13,15,17,21-22H,1-2,4-5,7,9-12,14H2. The van der Waals surface area contributed by atoms with Crippen molar-refractivity contribution in [3.05, 3.63) is 34.9 Å². The molecule has 2 aliphatic rings. The first-order valence-corrected chi connectivity index (χ1v) is 9.25. The fourth-order valence-corrected chi connectivity index (χ4v) is 4.03. The van der Waals surface area contributed by atoms with Crippen LogP contribution in [0.1, 0.15) is 56.9 Å². The van der Waals surface area contributed by atoms with Crippen molar-refractivity contribution < 1.29 is 5.11 Å². The van der Waals surface area contributed by atoms with Gasteiger partial charge in [0, 0.05) is 17.5 Å². The number of unbranched alkanes of at least 4 members (excludes halogenated alkanes) is 1. The molecule has 1 aliphatic heterocycles. The summed E-state index contributed by atoms with van der Waals surface area (Å²) in [5.74, 6) is 1.27. The SMILES string of the molecule is OC(CCCCC1CC1)(c1cccc(Cl)c1)C1CCCNC1. The summed E-state index contributed by atoms with van der Waals surface area (Å²) in [7, 11) is 0. The highest BCUT2D eigenvalue weighted by molar-refractivity contribution is 6.30. The molecule has 0 radical (unpaired) electrons. The second kappa shape index (κ2) is 7.33. The third kappa shape index (κ3) is 4.04. The van der Waals surface area contributed by atoms with Gasteiger partial charge in [0.1, 0.15) is 0 Å². The number of hydrogen-bond donors (Lipinski definition) is 2. The molecule has 1 saturated carbocycles. The van der Waals surface area contributed by atoms with Crippen LogP contribution in [0.15, 0.2) is 24.3 Å². The molecule has 1 heterocycles. The van der Waals surface area contributed by atoms with Crippen LogP contribution in [-0.2, 0) is 5.60 Å². The Morgan fingerprint density at radius 1 is 1.23 bits per heavy atom. The maximum absolute atomic E-state index is 11.5. The molecular formula is C19H28ClNO. The molecule has 22 heavy (non-hydrogen) atoms. The predicted octanol–water partition coefficient (Wildman–Crippen LogP) is 4.50. The van der Waals surface area contributed by atoms with Crippen LogP contribution in [0.4, 0.5) is 0 Å². The van der Waals surface area contributed by atoms with Crippen LogP contribution in [0.2, 0.25) is 5.02 Å². The zero-order valence-electron chi connectivity index (χ0n) is 13.4. The van der Waals surface area contributed by atoms with Crippen molar-refractivity contribution in [3.63, 3.8) is 0 Å². The summed E-state index contributed by atoms with van der Waals surface area (Å²) in [4.78, 5) is 0. The Morgan fingerprint density at radius 2 is 2.09 bits per heavy atom. The second-order valence-corrected chi connectivity index (χ2v) is 7.60. The lowest BCUT2D eigenvalue weighted by Gasteiger charge is -2.39. The van der Waals surface area contributed by atoms with Gasteiger partial charge in [-0.3, -0.25) is 0 Å². The third-order valence-corrected chi connectivity index (χ3v) is 5.65. The Morgan fingerprint density at radius 3 is 2.77 bits per heavy atom. The van der Waals surface area contributed by atoms with Crippen molar-refractivity contribution in [2.75, 3.05) is 13.1 Å². The predicted molar refractivity (Wildman–Crippen MR) is 92.1 cm³/mol. The summed E-state index contributed by atoms with van der Waals surface area (Å²) in [6.07, 6.45) is 9.63. The number of piperidine rings is 1. The Bertz CT molecular complexity index is 482. The minimum atomic E-state index is -0.734. The average Bonchev–Trinajstić information content (AvgIpc) is 3.36. The highest BCUT2D eigenvalue weighted by Gasteiger charge is 2.38. The summed E-state index contributed by atoms with van der Waals surface area (Å²) in [5.41, 5.74) is 0.266. The van der Waals surface area contributed by atoms with Crippen LogP contribution in [0.25, 0.3) is 0 Å². The first-order chi connectivity index (χ1) is 10.7. The monoisotopic (exact) mass is 321 g/mol. The fourth-order valence-electron chi connectivity index (χ4n) is 3.84. The smallest absolute Gasteiger partial charge is 0.0937 e. The molecule has 1 aromatic rings. The summed E-state index contributed by atoms with van der Waals surface area (Å²) in [5, 5.41) is 15.7. The largest absolute Gasteiger partial charge is 0.385 e. The Balaban J connectivity index is 1.70. The minimum Gasteiger partial charge on any atom is -0.385 e. The summed E-state index contributed by atoms with van der Waals surface area (Å²) in [6.45, 7) is 1.98. The van der Waals surface area contributed by atoms with Crippen LogP contribution in [-0.4, -0.2) is 18.2 Å². The molecular weight excluding hydrogens is 294 g/mol. The average molecular weight is 322 g/mol. The molecule has 0 amide bonds. The van der Waals surface area contributed by atoms with Crippen molar-refractivity contribution in [1.82, 2.24) is 5.32 Å². The van der Waals surface area contributed by atoms with Crippen molar-refractivity contribution >= 4 is 11.6 Å². The summed E-state index contributed by atoms with van der Waals surface area (Å²) in [6, 6.07) is 7.85. The molecule has 3 heteroatoms. The van der Waals surface area contributed by atoms with Crippen LogP contribution in [0.3, 0.4) is 0 Å². The molecule has 1 aliphatic carbocycles. The first-order valence-electron chi connectivity index (χ1n) is 8.87. The lowest BCUT2D eigenvalue weighted by Crippen LogP contribution is -2.44. The third-order valence-electron chi connectivity index (χ3n) is 5.41. The van der Waals surface area contributed by atoms with E-state index in [-0.39, 0.29) is 0 Å². The van der Waals surface area contributed by atoms with Crippen LogP contribution >= 0.6 is 11.6 Å². The number of hydrogen-bond acceptors (Lipinski definition) is 2. The lowest BCUT2D eigenvalue weighted by molar-refractivity contribution is -0.0427. The van der Waals surface area contributed by atoms with Gasteiger partial charge in [0.15, 0.2) is 0 Å². The van der Waals surface area contributed by atoms with Crippen LogP contribution in [0.5, 0.6) is 0 Å². The van der Waals surface area contributed by atoms with Gasteiger partial charge in [-0.25, -0.2) is 0 Å². The normalized spacial score (nSPS) is 24.9.